The Labute approximate surface area is 184 Å². The van der Waals surface area contributed by atoms with Crippen LogP contribution < -0.4 is 0 Å². The molecule has 0 unspecified atom stereocenters. The molecule has 0 heterocycles. The number of halogens is 1. The maximum Gasteiger partial charge on any atom is 0.323 e. The predicted octanol–water partition coefficient (Wildman–Crippen LogP) is 6.73. The third kappa shape index (κ3) is 5.31. The number of hydrogen-bond donors (Lipinski definition) is 0. The fourth-order valence-electron chi connectivity index (χ4n) is 2.93. The topological polar surface area (TPSA) is 26.3 Å². The fraction of sp³-hybridized carbons (Fsp3) is 0.240. The number of hydrogen-bond acceptors (Lipinski definition) is 2. The van der Waals surface area contributed by atoms with Crippen LogP contribution in [0.4, 0.5) is 0 Å². The van der Waals surface area contributed by atoms with Gasteiger partial charge in [0.1, 0.15) is 9.93 Å². The summed E-state index contributed by atoms with van der Waals surface area (Å²) in [4.78, 5) is 16.1. The summed E-state index contributed by atoms with van der Waals surface area (Å²) in [5.41, 5.74) is 0.259. The summed E-state index contributed by atoms with van der Waals surface area (Å²) in [7, 11) is -0.190. The Bertz CT molecular complexity index is 906. The Hall–Kier alpha value is -2.04. The first-order valence-electron chi connectivity index (χ1n) is 9.56. The average molecular weight is 470 g/mol. The maximum absolute atomic E-state index is 12.3. The lowest BCUT2D eigenvalue weighted by atomic mass is 9.98. The van der Waals surface area contributed by atoms with E-state index in [-0.39, 0.29) is 16.9 Å². The largest absolute Gasteiger partial charge is 0.454 e. The summed E-state index contributed by atoms with van der Waals surface area (Å²) in [6.07, 6.45) is 0. The van der Waals surface area contributed by atoms with Crippen molar-refractivity contribution < 1.29 is 9.53 Å². The molecule has 3 rings (SSSR count). The van der Waals surface area contributed by atoms with E-state index in [1.54, 1.807) is 13.8 Å². The second-order valence-corrected chi connectivity index (χ2v) is 11.8. The van der Waals surface area contributed by atoms with Crippen molar-refractivity contribution in [3.8, 4) is 0 Å². The standard InChI is InChI=1S/C25H26BrO2S/c1-24(2,26)23(27)28-25(3,4)19-15-17-22(18-16-19)29(20-11-7-5-8-12-20)21-13-9-6-10-14-21/h5-18H,1-4H3/q+1. The van der Waals surface area contributed by atoms with E-state index in [1.807, 2.05) is 26.0 Å². The van der Waals surface area contributed by atoms with Crippen LogP contribution in [0.25, 0.3) is 0 Å². The number of carbonyl (C=O) groups is 1. The summed E-state index contributed by atoms with van der Waals surface area (Å²) in [6, 6.07) is 29.5. The van der Waals surface area contributed by atoms with Crippen LogP contribution in [0.15, 0.2) is 99.6 Å². The van der Waals surface area contributed by atoms with Gasteiger partial charge in [-0.1, -0.05) is 64.5 Å². The van der Waals surface area contributed by atoms with E-state index in [4.69, 9.17) is 4.74 Å². The molecule has 0 aromatic heterocycles. The Balaban J connectivity index is 1.93. The molecule has 150 valence electrons. The highest BCUT2D eigenvalue weighted by atomic mass is 79.9. The summed E-state index contributed by atoms with van der Waals surface area (Å²) >= 11 is 3.38. The minimum atomic E-state index is -0.711. The Kier molecular flexibility index (Phi) is 6.55. The van der Waals surface area contributed by atoms with Gasteiger partial charge in [0.15, 0.2) is 14.7 Å². The molecule has 0 N–H and O–H groups in total. The molecule has 0 saturated heterocycles. The zero-order valence-corrected chi connectivity index (χ0v) is 19.6. The first-order chi connectivity index (χ1) is 13.7. The van der Waals surface area contributed by atoms with E-state index in [1.165, 1.54) is 14.7 Å². The highest BCUT2D eigenvalue weighted by Crippen LogP contribution is 2.34. The molecule has 3 aromatic rings. The van der Waals surface area contributed by atoms with Crippen molar-refractivity contribution in [2.45, 2.75) is 52.3 Å². The number of rotatable bonds is 6. The second-order valence-electron chi connectivity index (χ2n) is 7.83. The monoisotopic (exact) mass is 469 g/mol. The number of esters is 1. The van der Waals surface area contributed by atoms with Crippen molar-refractivity contribution in [1.82, 2.24) is 0 Å². The maximum atomic E-state index is 12.3. The molecule has 0 spiro atoms. The SMILES string of the molecule is CC(C)(Br)C(=O)OC(C)(C)c1ccc([S+](c2ccccc2)c2ccccc2)cc1. The molecule has 29 heavy (non-hydrogen) atoms. The van der Waals surface area contributed by atoms with Gasteiger partial charge in [0, 0.05) is 0 Å². The number of alkyl halides is 1. The van der Waals surface area contributed by atoms with Gasteiger partial charge in [-0.25, -0.2) is 0 Å². The van der Waals surface area contributed by atoms with Crippen molar-refractivity contribution in [3.05, 3.63) is 90.5 Å². The molecule has 4 heteroatoms. The second kappa shape index (κ2) is 8.76. The van der Waals surface area contributed by atoms with Crippen LogP contribution >= 0.6 is 15.9 Å². The highest BCUT2D eigenvalue weighted by Gasteiger charge is 2.34. The van der Waals surface area contributed by atoms with Crippen LogP contribution in [0.3, 0.4) is 0 Å². The van der Waals surface area contributed by atoms with E-state index < -0.39 is 9.93 Å². The van der Waals surface area contributed by atoms with Crippen LogP contribution in [-0.2, 0) is 26.0 Å². The first-order valence-corrected chi connectivity index (χ1v) is 11.6. The van der Waals surface area contributed by atoms with Gasteiger partial charge in [-0.2, -0.15) is 0 Å². The molecule has 0 amide bonds. The van der Waals surface area contributed by atoms with E-state index in [2.05, 4.69) is 88.7 Å². The third-order valence-corrected chi connectivity index (χ3v) is 7.13. The van der Waals surface area contributed by atoms with Crippen molar-refractivity contribution in [2.24, 2.45) is 0 Å². The summed E-state index contributed by atoms with van der Waals surface area (Å²) in [5, 5.41) is 0. The van der Waals surface area contributed by atoms with Gasteiger partial charge in [0.05, 0.1) is 10.9 Å². The van der Waals surface area contributed by atoms with Gasteiger partial charge in [0.25, 0.3) is 0 Å². The zero-order chi connectivity index (χ0) is 21.1. The zero-order valence-electron chi connectivity index (χ0n) is 17.2. The Morgan fingerprint density at radius 3 is 1.55 bits per heavy atom. The van der Waals surface area contributed by atoms with Gasteiger partial charge in [-0.3, -0.25) is 4.79 Å². The van der Waals surface area contributed by atoms with Crippen LogP contribution in [0, 0.1) is 0 Å². The summed E-state index contributed by atoms with van der Waals surface area (Å²) in [5.74, 6) is -0.278. The molecule has 0 radical (unpaired) electrons. The molecule has 0 atom stereocenters. The van der Waals surface area contributed by atoms with E-state index >= 15 is 0 Å². The van der Waals surface area contributed by atoms with Gasteiger partial charge in [-0.15, -0.1) is 0 Å². The van der Waals surface area contributed by atoms with E-state index in [0.717, 1.165) is 5.56 Å². The average Bonchev–Trinajstić information content (AvgIpc) is 2.69. The van der Waals surface area contributed by atoms with E-state index in [0.29, 0.717) is 0 Å². The Morgan fingerprint density at radius 2 is 1.14 bits per heavy atom. The van der Waals surface area contributed by atoms with Crippen molar-refractivity contribution >= 4 is 32.8 Å². The van der Waals surface area contributed by atoms with Gasteiger partial charge < -0.3 is 4.74 Å². The molecule has 2 nitrogen and oxygen atoms in total. The van der Waals surface area contributed by atoms with Gasteiger partial charge >= 0.3 is 5.97 Å². The van der Waals surface area contributed by atoms with Crippen LogP contribution in [0.2, 0.25) is 0 Å². The van der Waals surface area contributed by atoms with Crippen LogP contribution in [0.1, 0.15) is 33.3 Å². The van der Waals surface area contributed by atoms with Crippen LogP contribution in [-0.4, -0.2) is 10.3 Å². The smallest absolute Gasteiger partial charge is 0.323 e. The minimum absolute atomic E-state index is 0.190. The molecular formula is C25H26BrO2S+. The lowest BCUT2D eigenvalue weighted by Crippen LogP contribution is -2.34. The summed E-state index contributed by atoms with van der Waals surface area (Å²) < 4.78 is 5.06. The third-order valence-electron chi connectivity index (χ3n) is 4.58. The molecule has 3 aromatic carbocycles. The van der Waals surface area contributed by atoms with Crippen molar-refractivity contribution in [2.75, 3.05) is 0 Å². The molecule has 0 bridgehead atoms. The summed E-state index contributed by atoms with van der Waals surface area (Å²) in [6.45, 7) is 7.43. The molecule has 0 aliphatic rings. The Morgan fingerprint density at radius 1 is 0.724 bits per heavy atom. The van der Waals surface area contributed by atoms with Crippen molar-refractivity contribution in [1.29, 1.82) is 0 Å². The fourth-order valence-corrected chi connectivity index (χ4v) is 5.09. The molecular weight excluding hydrogens is 444 g/mol. The minimum Gasteiger partial charge on any atom is -0.454 e. The molecule has 0 aliphatic carbocycles. The normalized spacial score (nSPS) is 12.1. The lowest BCUT2D eigenvalue weighted by Gasteiger charge is -2.29. The molecule has 0 saturated carbocycles. The first kappa shape index (κ1) is 21.7. The predicted molar refractivity (Wildman–Crippen MR) is 124 cm³/mol. The van der Waals surface area contributed by atoms with E-state index in [9.17, 15) is 4.79 Å². The van der Waals surface area contributed by atoms with Gasteiger partial charge in [0.2, 0.25) is 0 Å². The number of carbonyl (C=O) groups excluding carboxylic acids is 1. The van der Waals surface area contributed by atoms with Crippen LogP contribution in [0.5, 0.6) is 0 Å². The lowest BCUT2D eigenvalue weighted by molar-refractivity contribution is -0.159. The highest BCUT2D eigenvalue weighted by molar-refractivity contribution is 9.10. The van der Waals surface area contributed by atoms with Gasteiger partial charge in [-0.05, 0) is 69.7 Å². The number of ether oxygens (including phenoxy) is 1. The van der Waals surface area contributed by atoms with Crippen molar-refractivity contribution in [3.63, 3.8) is 0 Å². The molecule has 0 fully saturated rings. The molecule has 0 aliphatic heterocycles. The number of benzene rings is 3. The quantitative estimate of drug-likeness (QED) is 0.227.